The molecule has 1 N–H and O–H groups in total. The molecule has 7 nitrogen and oxygen atoms in total. The van der Waals surface area contributed by atoms with Gasteiger partial charge in [0.1, 0.15) is 37.2 Å². The van der Waals surface area contributed by atoms with Gasteiger partial charge in [0.05, 0.1) is 0 Å². The number of carbonyl (C=O) groups excluding carboxylic acids is 3. The highest BCUT2D eigenvalue weighted by Gasteiger charge is 2.28. The van der Waals surface area contributed by atoms with Crippen LogP contribution in [0.2, 0.25) is 0 Å². The first-order valence-electron chi connectivity index (χ1n) is 10.3. The van der Waals surface area contributed by atoms with Crippen LogP contribution in [0.4, 0.5) is 18.4 Å². The highest BCUT2D eigenvalue weighted by atomic mass is 19.1. The number of rotatable bonds is 8. The fraction of sp³-hybridized carbons (Fsp3) is 0.160. The summed E-state index contributed by atoms with van der Waals surface area (Å²) in [4.78, 5) is 37.0. The molecule has 0 aliphatic heterocycles. The average Bonchev–Trinajstić information content (AvgIpc) is 2.84. The van der Waals surface area contributed by atoms with Crippen molar-refractivity contribution in [1.29, 1.82) is 0 Å². The van der Waals surface area contributed by atoms with E-state index in [0.29, 0.717) is 28.5 Å². The van der Waals surface area contributed by atoms with E-state index in [-0.39, 0.29) is 25.2 Å². The van der Waals surface area contributed by atoms with Crippen LogP contribution in [-0.4, -0.2) is 29.5 Å². The molecule has 0 aliphatic carbocycles. The van der Waals surface area contributed by atoms with Gasteiger partial charge >= 0.3 is 12.2 Å². The molecule has 3 aromatic carbocycles. The van der Waals surface area contributed by atoms with Crippen LogP contribution < -0.4 is 5.43 Å². The Balaban J connectivity index is 1.73. The quantitative estimate of drug-likeness (QED) is 0.387. The molecule has 0 bridgehead atoms. The minimum Gasteiger partial charge on any atom is -0.443 e. The fourth-order valence-electron chi connectivity index (χ4n) is 3.08. The third-order valence-corrected chi connectivity index (χ3v) is 4.68. The van der Waals surface area contributed by atoms with Crippen LogP contribution in [0.5, 0.6) is 0 Å². The highest BCUT2D eigenvalue weighted by Crippen LogP contribution is 2.13. The van der Waals surface area contributed by atoms with E-state index >= 15 is 0 Å². The molecule has 2 amide bonds. The van der Waals surface area contributed by atoms with Crippen molar-refractivity contribution in [2.45, 2.75) is 25.7 Å². The molecule has 3 aromatic rings. The zero-order valence-electron chi connectivity index (χ0n) is 18.0. The number of amides is 2. The third kappa shape index (κ3) is 7.40. The van der Waals surface area contributed by atoms with Gasteiger partial charge in [-0.2, -0.15) is 0 Å². The van der Waals surface area contributed by atoms with E-state index < -0.39 is 29.9 Å². The van der Waals surface area contributed by atoms with Crippen LogP contribution in [0.15, 0.2) is 78.9 Å². The summed E-state index contributed by atoms with van der Waals surface area (Å²) in [5.74, 6) is -1.68. The van der Waals surface area contributed by atoms with Crippen molar-refractivity contribution in [2.24, 2.45) is 0 Å². The zero-order chi connectivity index (χ0) is 24.3. The van der Waals surface area contributed by atoms with Gasteiger partial charge in [-0.05, 0) is 28.8 Å². The first-order chi connectivity index (χ1) is 16.4. The third-order valence-electron chi connectivity index (χ3n) is 4.68. The summed E-state index contributed by atoms with van der Waals surface area (Å²) in [6.45, 7) is -0.211. The van der Waals surface area contributed by atoms with E-state index in [0.717, 1.165) is 12.1 Å². The van der Waals surface area contributed by atoms with Crippen LogP contribution in [0.1, 0.15) is 16.7 Å². The summed E-state index contributed by atoms with van der Waals surface area (Å²) in [6, 6.07) is 19.0. The van der Waals surface area contributed by atoms with Crippen molar-refractivity contribution in [3.05, 3.63) is 107 Å². The molecule has 0 aromatic heterocycles. The Bertz CT molecular complexity index is 1090. The topological polar surface area (TPSA) is 84.9 Å². The summed E-state index contributed by atoms with van der Waals surface area (Å²) < 4.78 is 37.5. The Morgan fingerprint density at radius 1 is 0.824 bits per heavy atom. The minimum atomic E-state index is -1.33. The maximum absolute atomic E-state index is 13.6. The van der Waals surface area contributed by atoms with Gasteiger partial charge in [-0.25, -0.2) is 28.8 Å². The first-order valence-corrected chi connectivity index (χ1v) is 10.3. The van der Waals surface area contributed by atoms with Crippen LogP contribution in [0.3, 0.4) is 0 Å². The number of aldehydes is 1. The van der Waals surface area contributed by atoms with Gasteiger partial charge in [0.25, 0.3) is 0 Å². The summed E-state index contributed by atoms with van der Waals surface area (Å²) >= 11 is 0. The first kappa shape index (κ1) is 24.4. The molecular weight excluding hydrogens is 446 g/mol. The molecule has 0 spiro atoms. The number of hydrogen-bond acceptors (Lipinski definition) is 5. The maximum Gasteiger partial charge on any atom is 0.429 e. The molecule has 34 heavy (non-hydrogen) atoms. The van der Waals surface area contributed by atoms with E-state index in [9.17, 15) is 23.2 Å². The lowest BCUT2D eigenvalue weighted by atomic mass is 10.1. The summed E-state index contributed by atoms with van der Waals surface area (Å²) in [6.07, 6.45) is -1.98. The summed E-state index contributed by atoms with van der Waals surface area (Å²) in [7, 11) is 0. The standard InChI is InChI=1S/C25H22F2N2O5/c26-21-11-20(12-22(27)14-21)13-23(15-30)29(25(32)34-17-19-9-5-2-6-10-19)28-24(31)33-16-18-7-3-1-4-8-18/h1-12,14-15,23H,13,16-17H2,(H,28,31)/t23-/m0/s1. The van der Waals surface area contributed by atoms with Crippen LogP contribution in [0, 0.1) is 11.6 Å². The second-order valence-corrected chi connectivity index (χ2v) is 7.27. The van der Waals surface area contributed by atoms with Gasteiger partial charge in [-0.3, -0.25) is 0 Å². The van der Waals surface area contributed by atoms with Gasteiger partial charge in [0.2, 0.25) is 0 Å². The predicted molar refractivity (Wildman–Crippen MR) is 118 cm³/mol. The molecule has 3 rings (SSSR count). The van der Waals surface area contributed by atoms with Crippen molar-refractivity contribution < 1.29 is 32.6 Å². The van der Waals surface area contributed by atoms with E-state index in [1.165, 1.54) is 0 Å². The summed E-state index contributed by atoms with van der Waals surface area (Å²) in [5, 5.41) is 0.645. The number of benzene rings is 3. The second-order valence-electron chi connectivity index (χ2n) is 7.27. The Hall–Kier alpha value is -4.27. The minimum absolute atomic E-state index is 0.0829. The molecule has 176 valence electrons. The van der Waals surface area contributed by atoms with E-state index in [4.69, 9.17) is 9.47 Å². The SMILES string of the molecule is O=C[C@H](Cc1cc(F)cc(F)c1)N(NC(=O)OCc1ccccc1)C(=O)OCc1ccccc1. The van der Waals surface area contributed by atoms with Gasteiger partial charge < -0.3 is 14.3 Å². The molecular formula is C25H22F2N2O5. The lowest BCUT2D eigenvalue weighted by Crippen LogP contribution is -2.53. The zero-order valence-corrected chi connectivity index (χ0v) is 18.0. The number of nitrogens with zero attached hydrogens (tertiary/aromatic N) is 1. The van der Waals surface area contributed by atoms with Crippen LogP contribution in [-0.2, 0) is 33.9 Å². The number of ether oxygens (including phenoxy) is 2. The van der Waals surface area contributed by atoms with Gasteiger partial charge in [-0.15, -0.1) is 0 Å². The lowest BCUT2D eigenvalue weighted by molar-refractivity contribution is -0.112. The number of hydrogen-bond donors (Lipinski definition) is 1. The highest BCUT2D eigenvalue weighted by molar-refractivity contribution is 5.77. The van der Waals surface area contributed by atoms with Gasteiger partial charge in [-0.1, -0.05) is 60.7 Å². The Kier molecular flexibility index (Phi) is 8.67. The molecule has 0 heterocycles. The monoisotopic (exact) mass is 468 g/mol. The van der Waals surface area contributed by atoms with Crippen molar-refractivity contribution >= 4 is 18.5 Å². The number of hydrazine groups is 1. The predicted octanol–water partition coefficient (Wildman–Crippen LogP) is 4.56. The molecule has 1 atom stereocenters. The normalized spacial score (nSPS) is 11.2. The van der Waals surface area contributed by atoms with Crippen molar-refractivity contribution in [3.63, 3.8) is 0 Å². The largest absolute Gasteiger partial charge is 0.443 e. The van der Waals surface area contributed by atoms with E-state index in [2.05, 4.69) is 5.43 Å². The molecule has 9 heteroatoms. The van der Waals surface area contributed by atoms with Crippen molar-refractivity contribution in [2.75, 3.05) is 0 Å². The Morgan fingerprint density at radius 3 is 1.88 bits per heavy atom. The molecule has 0 saturated carbocycles. The van der Waals surface area contributed by atoms with Crippen LogP contribution >= 0.6 is 0 Å². The fourth-order valence-corrected chi connectivity index (χ4v) is 3.08. The van der Waals surface area contributed by atoms with Crippen LogP contribution in [0.25, 0.3) is 0 Å². The molecule has 0 saturated heterocycles. The smallest absolute Gasteiger partial charge is 0.429 e. The van der Waals surface area contributed by atoms with E-state index in [1.807, 2.05) is 0 Å². The molecule has 0 fully saturated rings. The number of halogens is 2. The molecule has 0 radical (unpaired) electrons. The Morgan fingerprint density at radius 2 is 1.35 bits per heavy atom. The van der Waals surface area contributed by atoms with Crippen molar-refractivity contribution in [1.82, 2.24) is 10.4 Å². The second kappa shape index (κ2) is 12.1. The van der Waals surface area contributed by atoms with Gasteiger partial charge in [0.15, 0.2) is 0 Å². The lowest BCUT2D eigenvalue weighted by Gasteiger charge is -2.27. The number of carbonyl (C=O) groups is 3. The molecule has 0 aliphatic rings. The van der Waals surface area contributed by atoms with E-state index in [1.54, 1.807) is 60.7 Å². The maximum atomic E-state index is 13.6. The number of nitrogens with one attached hydrogen (secondary N) is 1. The summed E-state index contributed by atoms with van der Waals surface area (Å²) in [5.41, 5.74) is 3.69. The van der Waals surface area contributed by atoms with Crippen molar-refractivity contribution in [3.8, 4) is 0 Å². The Labute approximate surface area is 194 Å². The average molecular weight is 468 g/mol. The molecule has 0 unspecified atom stereocenters. The van der Waals surface area contributed by atoms with Gasteiger partial charge in [0, 0.05) is 12.5 Å².